The molecule has 2 saturated carbocycles. The summed E-state index contributed by atoms with van der Waals surface area (Å²) in [5.41, 5.74) is 2.02. The van der Waals surface area contributed by atoms with E-state index >= 15 is 0 Å². The summed E-state index contributed by atoms with van der Waals surface area (Å²) >= 11 is 24.2. The quantitative estimate of drug-likeness (QED) is 0.233. The summed E-state index contributed by atoms with van der Waals surface area (Å²) in [5.74, 6) is 0.702. The molecule has 0 radical (unpaired) electrons. The number of halogens is 4. The maximum atomic E-state index is 12.7. The molecule has 0 unspecified atom stereocenters. The van der Waals surface area contributed by atoms with Crippen molar-refractivity contribution < 1.29 is 24.2 Å². The van der Waals surface area contributed by atoms with Crippen LogP contribution in [0.2, 0.25) is 20.1 Å². The van der Waals surface area contributed by atoms with Crippen LogP contribution in [-0.4, -0.2) is 40.6 Å². The number of nitrogens with one attached hydrogen (secondary N) is 2. The van der Waals surface area contributed by atoms with Crippen LogP contribution in [0.25, 0.3) is 5.57 Å². The average Bonchev–Trinajstić information content (AvgIpc) is 3.30. The Morgan fingerprint density at radius 1 is 0.837 bits per heavy atom. The van der Waals surface area contributed by atoms with Crippen molar-refractivity contribution >= 4 is 69.8 Å². The molecule has 2 amide bonds. The molecule has 3 N–H and O–H groups in total. The fourth-order valence-electron chi connectivity index (χ4n) is 7.38. The lowest BCUT2D eigenvalue weighted by molar-refractivity contribution is -0.155. The van der Waals surface area contributed by atoms with Gasteiger partial charge in [0.15, 0.2) is 0 Å². The molecule has 2 aromatic carbocycles. The number of hydrogen-bond donors (Lipinski definition) is 3. The number of benzene rings is 2. The highest BCUT2D eigenvalue weighted by atomic mass is 35.5. The molecule has 0 saturated heterocycles. The fraction of sp³-hybridized carbons (Fsp3) is 0.553. The van der Waals surface area contributed by atoms with Gasteiger partial charge in [0.1, 0.15) is 11.3 Å². The molecule has 0 atom stereocenters. The molecule has 1 aliphatic heterocycles. The Morgan fingerprint density at radius 2 is 1.35 bits per heavy atom. The molecular weight excluding hydrogens is 706 g/mol. The van der Waals surface area contributed by atoms with Gasteiger partial charge in [-0.2, -0.15) is 0 Å². The Hall–Kier alpha value is -2.45. The number of rotatable bonds is 8. The monoisotopic (exact) mass is 752 g/mol. The number of amides is 2. The summed E-state index contributed by atoms with van der Waals surface area (Å²) in [6.45, 7) is 10.2. The van der Waals surface area contributed by atoms with Gasteiger partial charge in [0.2, 0.25) is 5.91 Å². The largest absolute Gasteiger partial charge is 0.509 e. The number of ether oxygens (including phenoxy) is 1. The van der Waals surface area contributed by atoms with Crippen molar-refractivity contribution in [2.24, 2.45) is 11.8 Å². The average molecular weight is 755 g/mol. The van der Waals surface area contributed by atoms with E-state index in [0.717, 1.165) is 68.1 Å². The van der Waals surface area contributed by atoms with Gasteiger partial charge in [-0.25, -0.2) is 4.79 Å². The van der Waals surface area contributed by atoms with Gasteiger partial charge in [0.25, 0.3) is 5.91 Å². The first kappa shape index (κ1) is 39.3. The van der Waals surface area contributed by atoms with Crippen LogP contribution in [0.3, 0.4) is 0 Å². The topological polar surface area (TPSA) is 105 Å². The highest BCUT2D eigenvalue weighted by molar-refractivity contribution is 6.42. The van der Waals surface area contributed by atoms with Crippen LogP contribution in [0.15, 0.2) is 30.0 Å². The van der Waals surface area contributed by atoms with Crippen molar-refractivity contribution in [3.8, 4) is 0 Å². The minimum Gasteiger partial charge on any atom is -0.509 e. The van der Waals surface area contributed by atoms with E-state index in [0.29, 0.717) is 62.5 Å². The Labute approximate surface area is 310 Å². The van der Waals surface area contributed by atoms with Crippen molar-refractivity contribution in [3.05, 3.63) is 72.4 Å². The number of hydrogen-bond acceptors (Lipinski definition) is 5. The normalized spacial score (nSPS) is 25.0. The zero-order chi connectivity index (χ0) is 36.1. The number of carbonyl (C=O) groups excluding carboxylic acids is 3. The second-order valence-corrected chi connectivity index (χ2v) is 15.4. The Morgan fingerprint density at radius 3 is 1.90 bits per heavy atom. The van der Waals surface area contributed by atoms with E-state index in [9.17, 15) is 19.5 Å². The van der Waals surface area contributed by atoms with Gasteiger partial charge in [-0.3, -0.25) is 9.59 Å². The lowest BCUT2D eigenvalue weighted by Gasteiger charge is -2.38. The minimum absolute atomic E-state index is 0.154. The second-order valence-electron chi connectivity index (χ2n) is 13.8. The van der Waals surface area contributed by atoms with Crippen molar-refractivity contribution in [2.45, 2.75) is 116 Å². The predicted molar refractivity (Wildman–Crippen MR) is 199 cm³/mol. The zero-order valence-electron chi connectivity index (χ0n) is 29.0. The summed E-state index contributed by atoms with van der Waals surface area (Å²) < 4.78 is 5.27. The first-order valence-electron chi connectivity index (χ1n) is 17.3. The molecular formula is C38H48Cl4N2O5. The first-order chi connectivity index (χ1) is 23.2. The molecule has 3 aliphatic rings. The Balaban J connectivity index is 0.000000222. The zero-order valence-corrected chi connectivity index (χ0v) is 32.1. The van der Waals surface area contributed by atoms with Crippen LogP contribution < -0.4 is 10.6 Å². The van der Waals surface area contributed by atoms with Gasteiger partial charge >= 0.3 is 5.97 Å². The van der Waals surface area contributed by atoms with E-state index in [-0.39, 0.29) is 30.0 Å². The van der Waals surface area contributed by atoms with Gasteiger partial charge in [-0.15, -0.1) is 0 Å². The summed E-state index contributed by atoms with van der Waals surface area (Å²) in [6, 6.07) is 6.86. The highest BCUT2D eigenvalue weighted by Crippen LogP contribution is 2.44. The molecule has 0 aromatic heterocycles. The molecule has 1 heterocycles. The van der Waals surface area contributed by atoms with Crippen LogP contribution >= 0.6 is 46.4 Å². The van der Waals surface area contributed by atoms with E-state index < -0.39 is 11.1 Å². The van der Waals surface area contributed by atoms with Gasteiger partial charge in [-0.05, 0) is 130 Å². The van der Waals surface area contributed by atoms with E-state index in [2.05, 4.69) is 24.5 Å². The lowest BCUT2D eigenvalue weighted by Crippen LogP contribution is -2.57. The smallest absolute Gasteiger partial charge is 0.331 e. The summed E-state index contributed by atoms with van der Waals surface area (Å²) in [7, 11) is 0. The van der Waals surface area contributed by atoms with E-state index in [1.807, 2.05) is 13.8 Å². The van der Waals surface area contributed by atoms with Crippen molar-refractivity contribution in [1.29, 1.82) is 0 Å². The molecule has 7 nitrogen and oxygen atoms in total. The first-order valence-corrected chi connectivity index (χ1v) is 18.8. The number of aryl methyl sites for hydroxylation is 2. The van der Waals surface area contributed by atoms with Crippen LogP contribution in [-0.2, 0) is 25.5 Å². The summed E-state index contributed by atoms with van der Waals surface area (Å²) in [6.07, 6.45) is 9.09. The van der Waals surface area contributed by atoms with Crippen molar-refractivity contribution in [2.75, 3.05) is 6.61 Å². The molecule has 268 valence electrons. The summed E-state index contributed by atoms with van der Waals surface area (Å²) in [4.78, 5) is 37.8. The Kier molecular flexibility index (Phi) is 13.4. The standard InChI is InChI=1S/C20H27Cl2NO3.C18H21Cl2NO2/c1-4-14-6-8-20(9-7-14,19(25)26-5-2)23-18(24)12-15-11-17(22)16(21)10-13(15)3;1-3-11-4-6-18(7-5-11)16(22)15(17(23)21-18)12-9-14(20)13(19)8-10(12)2/h10-11,14H,4-9,12H2,1-3H3,(H,23,24);8-9,11,22H,3-7H2,1-2H3,(H,21,23). The summed E-state index contributed by atoms with van der Waals surface area (Å²) in [5, 5.41) is 18.6. The van der Waals surface area contributed by atoms with Crippen LogP contribution in [0, 0.1) is 25.7 Å². The van der Waals surface area contributed by atoms with E-state index in [1.54, 1.807) is 31.2 Å². The lowest BCUT2D eigenvalue weighted by atomic mass is 9.75. The minimum atomic E-state index is -0.914. The molecule has 5 rings (SSSR count). The number of esters is 1. The molecule has 0 bridgehead atoms. The predicted octanol–water partition coefficient (Wildman–Crippen LogP) is 9.90. The van der Waals surface area contributed by atoms with Gasteiger partial charge < -0.3 is 20.5 Å². The maximum absolute atomic E-state index is 12.7. The van der Waals surface area contributed by atoms with E-state index in [4.69, 9.17) is 51.1 Å². The number of aliphatic hydroxyl groups is 1. The number of aliphatic hydroxyl groups excluding tert-OH is 1. The van der Waals surface area contributed by atoms with Crippen molar-refractivity contribution in [1.82, 2.24) is 10.6 Å². The molecule has 11 heteroatoms. The molecule has 2 aliphatic carbocycles. The van der Waals surface area contributed by atoms with Crippen LogP contribution in [0.4, 0.5) is 0 Å². The van der Waals surface area contributed by atoms with Gasteiger partial charge in [-0.1, -0.05) is 73.1 Å². The Bertz CT molecular complexity index is 1590. The van der Waals surface area contributed by atoms with Gasteiger partial charge in [0, 0.05) is 0 Å². The molecule has 1 spiro atoms. The molecule has 2 aromatic rings. The maximum Gasteiger partial charge on any atom is 0.331 e. The van der Waals surface area contributed by atoms with Gasteiger partial charge in [0.05, 0.1) is 44.2 Å². The third-order valence-corrected chi connectivity index (χ3v) is 12.1. The second kappa shape index (κ2) is 16.7. The third-order valence-electron chi connectivity index (χ3n) is 10.7. The third kappa shape index (κ3) is 8.90. The SMILES string of the molecule is CCC1CCC2(CC1)NC(=O)C(c1cc(Cl)c(Cl)cc1C)=C2O.CCOC(=O)C1(NC(=O)Cc2cc(Cl)c(Cl)cc2C)CCC(CC)CC1. The van der Waals surface area contributed by atoms with Crippen LogP contribution in [0.5, 0.6) is 0 Å². The van der Waals surface area contributed by atoms with Crippen molar-refractivity contribution in [3.63, 3.8) is 0 Å². The highest BCUT2D eigenvalue weighted by Gasteiger charge is 2.48. The number of carbonyl (C=O) groups is 3. The molecule has 2 fully saturated rings. The fourth-order valence-corrected chi connectivity index (χ4v) is 8.17. The molecule has 49 heavy (non-hydrogen) atoms. The van der Waals surface area contributed by atoms with E-state index in [1.165, 1.54) is 0 Å². The van der Waals surface area contributed by atoms with Crippen LogP contribution in [0.1, 0.15) is 107 Å².